The Morgan fingerprint density at radius 3 is 2.84 bits per heavy atom. The minimum absolute atomic E-state index is 0.00988. The minimum Gasteiger partial charge on any atom is -0.441 e. The molecule has 164 valence electrons. The molecule has 1 unspecified atom stereocenters. The van der Waals surface area contributed by atoms with Gasteiger partial charge in [-0.1, -0.05) is 13.0 Å². The number of rotatable bonds is 4. The number of fused-ring (bicyclic) bond motifs is 1. The Bertz CT molecular complexity index is 1050. The van der Waals surface area contributed by atoms with Gasteiger partial charge >= 0.3 is 6.09 Å². The molecule has 0 N–H and O–H groups in total. The predicted molar refractivity (Wildman–Crippen MR) is 117 cm³/mol. The highest BCUT2D eigenvalue weighted by Gasteiger charge is 2.52. The maximum absolute atomic E-state index is 12.8. The van der Waals surface area contributed by atoms with Gasteiger partial charge in [-0.05, 0) is 63.0 Å². The number of aromatic nitrogens is 2. The Morgan fingerprint density at radius 1 is 1.19 bits per heavy atom. The average molecular weight is 423 g/mol. The molecule has 3 aliphatic rings. The number of imidazole rings is 1. The summed E-state index contributed by atoms with van der Waals surface area (Å²) in [5, 5.41) is 0. The van der Waals surface area contributed by atoms with E-state index in [0.29, 0.717) is 18.8 Å². The van der Waals surface area contributed by atoms with Crippen molar-refractivity contribution in [2.75, 3.05) is 19.7 Å². The standard InChI is InChI=1S/C24H30N4O3/c1-22(14-28-17-26-19-7-6-18(25-3)12-20(19)28)8-4-10-24(13-22)16-27(21(29)31-24)15-23(2)9-5-11-30-23/h6-7,12,17H,4-5,8-11,13-16H2,1-2H3/t22-,23?,24-/m0/s1. The zero-order valence-electron chi connectivity index (χ0n) is 18.4. The van der Waals surface area contributed by atoms with Crippen LogP contribution in [-0.2, 0) is 16.0 Å². The minimum atomic E-state index is -0.420. The fraction of sp³-hybridized carbons (Fsp3) is 0.625. The first-order chi connectivity index (χ1) is 14.8. The molecule has 2 aromatic rings. The van der Waals surface area contributed by atoms with Gasteiger partial charge in [0.25, 0.3) is 0 Å². The van der Waals surface area contributed by atoms with Crippen molar-refractivity contribution in [3.8, 4) is 0 Å². The van der Waals surface area contributed by atoms with Gasteiger partial charge in [0.15, 0.2) is 5.69 Å². The SMILES string of the molecule is [C-]#[N+]c1ccc2ncn(C[C@@]3(C)CCC[C@@]4(CN(CC5(C)CCCO5)C(=O)O4)C3)c2c1. The van der Waals surface area contributed by atoms with Crippen LogP contribution >= 0.6 is 0 Å². The van der Waals surface area contributed by atoms with Gasteiger partial charge in [-0.3, -0.25) is 0 Å². The van der Waals surface area contributed by atoms with Crippen LogP contribution in [0.3, 0.4) is 0 Å². The lowest BCUT2D eigenvalue weighted by Gasteiger charge is -2.43. The van der Waals surface area contributed by atoms with Crippen LogP contribution < -0.4 is 0 Å². The summed E-state index contributed by atoms with van der Waals surface area (Å²) in [6, 6.07) is 5.63. The number of ether oxygens (including phenoxy) is 2. The highest BCUT2D eigenvalue weighted by Crippen LogP contribution is 2.47. The number of hydrogen-bond acceptors (Lipinski definition) is 4. The Balaban J connectivity index is 1.34. The van der Waals surface area contributed by atoms with Crippen LogP contribution in [0.5, 0.6) is 0 Å². The van der Waals surface area contributed by atoms with Crippen LogP contribution in [0.15, 0.2) is 24.5 Å². The molecule has 3 atom stereocenters. The highest BCUT2D eigenvalue weighted by atomic mass is 16.6. The number of benzene rings is 1. The molecule has 1 aromatic carbocycles. The summed E-state index contributed by atoms with van der Waals surface area (Å²) in [5.74, 6) is 0. The molecule has 0 radical (unpaired) electrons. The normalized spacial score (nSPS) is 33.2. The average Bonchev–Trinajstić information content (AvgIpc) is 3.40. The van der Waals surface area contributed by atoms with Crippen molar-refractivity contribution in [3.05, 3.63) is 35.9 Å². The van der Waals surface area contributed by atoms with Crippen LogP contribution in [0.25, 0.3) is 15.9 Å². The van der Waals surface area contributed by atoms with Crippen molar-refractivity contribution in [1.29, 1.82) is 0 Å². The van der Waals surface area contributed by atoms with Crippen LogP contribution in [0.4, 0.5) is 10.5 Å². The summed E-state index contributed by atoms with van der Waals surface area (Å²) in [4.78, 5) is 22.7. The fourth-order valence-electron chi connectivity index (χ4n) is 5.98. The van der Waals surface area contributed by atoms with E-state index in [9.17, 15) is 4.79 Å². The molecule has 1 saturated carbocycles. The Morgan fingerprint density at radius 2 is 2.06 bits per heavy atom. The van der Waals surface area contributed by atoms with Gasteiger partial charge in [0.1, 0.15) is 5.60 Å². The van der Waals surface area contributed by atoms with Crippen molar-refractivity contribution in [2.45, 2.75) is 70.1 Å². The zero-order chi connectivity index (χ0) is 21.7. The monoisotopic (exact) mass is 422 g/mol. The van der Waals surface area contributed by atoms with E-state index >= 15 is 0 Å². The van der Waals surface area contributed by atoms with Gasteiger partial charge in [-0.2, -0.15) is 0 Å². The fourth-order valence-corrected chi connectivity index (χ4v) is 5.98. The third kappa shape index (κ3) is 3.78. The van der Waals surface area contributed by atoms with Gasteiger partial charge in [0.05, 0.1) is 42.6 Å². The zero-order valence-corrected chi connectivity index (χ0v) is 18.4. The number of nitrogens with zero attached hydrogens (tertiary/aromatic N) is 4. The van der Waals surface area contributed by atoms with Crippen molar-refractivity contribution in [1.82, 2.24) is 14.5 Å². The molecule has 1 aromatic heterocycles. The second-order valence-corrected chi connectivity index (χ2v) is 10.3. The van der Waals surface area contributed by atoms with Gasteiger partial charge in [0.2, 0.25) is 0 Å². The third-order valence-corrected chi connectivity index (χ3v) is 7.31. The van der Waals surface area contributed by atoms with Crippen LogP contribution in [-0.4, -0.2) is 51.4 Å². The predicted octanol–water partition coefficient (Wildman–Crippen LogP) is 4.93. The number of amides is 1. The van der Waals surface area contributed by atoms with E-state index < -0.39 is 5.60 Å². The lowest BCUT2D eigenvalue weighted by molar-refractivity contribution is -0.0278. The van der Waals surface area contributed by atoms with E-state index in [4.69, 9.17) is 16.0 Å². The van der Waals surface area contributed by atoms with E-state index in [1.165, 1.54) is 0 Å². The van der Waals surface area contributed by atoms with Crippen molar-refractivity contribution < 1.29 is 14.3 Å². The van der Waals surface area contributed by atoms with Gasteiger partial charge in [0, 0.05) is 13.2 Å². The van der Waals surface area contributed by atoms with Crippen LogP contribution in [0.1, 0.15) is 52.4 Å². The molecule has 1 aliphatic carbocycles. The summed E-state index contributed by atoms with van der Waals surface area (Å²) in [6.45, 7) is 14.5. The summed E-state index contributed by atoms with van der Waals surface area (Å²) in [5.41, 5.74) is 1.85. The quantitative estimate of drug-likeness (QED) is 0.656. The summed E-state index contributed by atoms with van der Waals surface area (Å²) in [7, 11) is 0. The molecule has 0 bridgehead atoms. The number of carbonyl (C=O) groups excluding carboxylic acids is 1. The topological polar surface area (TPSA) is 61.0 Å². The van der Waals surface area contributed by atoms with E-state index in [0.717, 1.165) is 62.7 Å². The van der Waals surface area contributed by atoms with Gasteiger partial charge in [-0.15, -0.1) is 0 Å². The molecule has 3 heterocycles. The molecule has 2 saturated heterocycles. The third-order valence-electron chi connectivity index (χ3n) is 7.31. The van der Waals surface area contributed by atoms with Gasteiger partial charge < -0.3 is 18.9 Å². The van der Waals surface area contributed by atoms with Crippen LogP contribution in [0, 0.1) is 12.0 Å². The molecule has 1 spiro atoms. The lowest BCUT2D eigenvalue weighted by Crippen LogP contribution is -2.46. The first-order valence-corrected chi connectivity index (χ1v) is 11.3. The Kier molecular flexibility index (Phi) is 4.74. The van der Waals surface area contributed by atoms with Crippen molar-refractivity contribution in [2.24, 2.45) is 5.41 Å². The molecule has 31 heavy (non-hydrogen) atoms. The Hall–Kier alpha value is -2.59. The first-order valence-electron chi connectivity index (χ1n) is 11.3. The molecular weight excluding hydrogens is 392 g/mol. The second kappa shape index (κ2) is 7.23. The highest BCUT2D eigenvalue weighted by molar-refractivity contribution is 5.79. The molecule has 7 heteroatoms. The van der Waals surface area contributed by atoms with E-state index in [1.54, 1.807) is 0 Å². The molecule has 1 amide bonds. The second-order valence-electron chi connectivity index (χ2n) is 10.3. The van der Waals surface area contributed by atoms with Gasteiger partial charge in [-0.25, -0.2) is 14.6 Å². The van der Waals surface area contributed by atoms with Crippen LogP contribution in [0.2, 0.25) is 0 Å². The molecule has 3 fully saturated rings. The smallest absolute Gasteiger partial charge is 0.410 e. The molecular formula is C24H30N4O3. The van der Waals surface area contributed by atoms with E-state index in [2.05, 4.69) is 28.2 Å². The molecule has 2 aliphatic heterocycles. The summed E-state index contributed by atoms with van der Waals surface area (Å²) in [6.07, 6.45) is 7.57. The van der Waals surface area contributed by atoms with Crippen molar-refractivity contribution >= 4 is 22.8 Å². The maximum atomic E-state index is 12.8. The molecule has 5 rings (SSSR count). The summed E-state index contributed by atoms with van der Waals surface area (Å²) >= 11 is 0. The maximum Gasteiger partial charge on any atom is 0.410 e. The van der Waals surface area contributed by atoms with E-state index in [1.807, 2.05) is 29.4 Å². The Labute approximate surface area is 183 Å². The van der Waals surface area contributed by atoms with E-state index in [-0.39, 0.29) is 17.1 Å². The number of hydrogen-bond donors (Lipinski definition) is 0. The largest absolute Gasteiger partial charge is 0.441 e. The lowest BCUT2D eigenvalue weighted by atomic mass is 9.68. The summed E-state index contributed by atoms with van der Waals surface area (Å²) < 4.78 is 14.1. The number of carbonyl (C=O) groups is 1. The van der Waals surface area contributed by atoms with Crippen molar-refractivity contribution in [3.63, 3.8) is 0 Å². The molecule has 7 nitrogen and oxygen atoms in total. The first kappa shape index (κ1) is 20.3.